The Labute approximate surface area is 157 Å². The summed E-state index contributed by atoms with van der Waals surface area (Å²) in [6.07, 6.45) is 2.16. The van der Waals surface area contributed by atoms with Gasteiger partial charge in [0.1, 0.15) is 18.2 Å². The molecule has 140 valence electrons. The molecule has 0 bridgehead atoms. The minimum absolute atomic E-state index is 0.0404. The minimum atomic E-state index is -3.71. The topological polar surface area (TPSA) is 72.6 Å². The fourth-order valence-electron chi connectivity index (χ4n) is 2.72. The molecular formula is C18H20ClFN2O3S. The van der Waals surface area contributed by atoms with E-state index >= 15 is 0 Å². The van der Waals surface area contributed by atoms with Crippen LogP contribution in [0.25, 0.3) is 0 Å². The molecular weight excluding hydrogens is 379 g/mol. The zero-order valence-electron chi connectivity index (χ0n) is 14.1. The first-order valence-electron chi connectivity index (χ1n) is 8.27. The first-order chi connectivity index (χ1) is 12.3. The Hall–Kier alpha value is -1.67. The number of rotatable bonds is 8. The molecule has 3 rings (SSSR count). The smallest absolute Gasteiger partial charge is 0.238 e. The van der Waals surface area contributed by atoms with Gasteiger partial charge in [0.2, 0.25) is 10.0 Å². The molecule has 0 atom stereocenters. The van der Waals surface area contributed by atoms with E-state index in [4.69, 9.17) is 21.5 Å². The van der Waals surface area contributed by atoms with E-state index in [0.29, 0.717) is 42.1 Å². The van der Waals surface area contributed by atoms with Crippen LogP contribution in [0.3, 0.4) is 0 Å². The van der Waals surface area contributed by atoms with Gasteiger partial charge in [-0.2, -0.15) is 0 Å². The molecule has 0 saturated heterocycles. The van der Waals surface area contributed by atoms with Gasteiger partial charge < -0.3 is 4.74 Å². The largest absolute Gasteiger partial charge is 0.492 e. The summed E-state index contributed by atoms with van der Waals surface area (Å²) in [5.74, 6) is 0.250. The summed E-state index contributed by atoms with van der Waals surface area (Å²) >= 11 is 6.12. The van der Waals surface area contributed by atoms with E-state index in [-0.39, 0.29) is 10.7 Å². The lowest BCUT2D eigenvalue weighted by Gasteiger charge is -2.23. The summed E-state index contributed by atoms with van der Waals surface area (Å²) in [5.41, 5.74) is 0.499. The predicted molar refractivity (Wildman–Crippen MR) is 98.2 cm³/mol. The van der Waals surface area contributed by atoms with E-state index in [1.807, 2.05) is 0 Å². The lowest BCUT2D eigenvalue weighted by molar-refractivity contribution is 0.193. The maximum Gasteiger partial charge on any atom is 0.238 e. The zero-order valence-corrected chi connectivity index (χ0v) is 15.6. The number of sulfonamides is 1. The van der Waals surface area contributed by atoms with Crippen molar-refractivity contribution in [1.29, 1.82) is 0 Å². The van der Waals surface area contributed by atoms with Crippen LogP contribution >= 0.6 is 11.6 Å². The van der Waals surface area contributed by atoms with E-state index in [1.54, 1.807) is 24.3 Å². The number of hydrogen-bond acceptors (Lipinski definition) is 4. The fourth-order valence-corrected chi connectivity index (χ4v) is 3.46. The molecule has 1 aliphatic rings. The fraction of sp³-hybridized carbons (Fsp3) is 0.333. The molecule has 0 aliphatic heterocycles. The molecule has 0 spiro atoms. The van der Waals surface area contributed by atoms with Gasteiger partial charge >= 0.3 is 0 Å². The van der Waals surface area contributed by atoms with Crippen LogP contribution in [-0.4, -0.2) is 32.5 Å². The molecule has 0 aromatic heterocycles. The first-order valence-corrected chi connectivity index (χ1v) is 10.2. The van der Waals surface area contributed by atoms with Crippen molar-refractivity contribution in [2.24, 2.45) is 5.14 Å². The lowest BCUT2D eigenvalue weighted by atomic mass is 10.2. The molecule has 5 nitrogen and oxygen atoms in total. The quantitative estimate of drug-likeness (QED) is 0.741. The Morgan fingerprint density at radius 1 is 1.19 bits per heavy atom. The molecule has 0 radical (unpaired) electrons. The maximum absolute atomic E-state index is 14.0. The minimum Gasteiger partial charge on any atom is -0.492 e. The van der Waals surface area contributed by atoms with Crippen LogP contribution in [0, 0.1) is 5.82 Å². The second kappa shape index (κ2) is 7.92. The van der Waals surface area contributed by atoms with Gasteiger partial charge in [-0.05, 0) is 49.2 Å². The van der Waals surface area contributed by atoms with Crippen LogP contribution in [0.15, 0.2) is 47.4 Å². The van der Waals surface area contributed by atoms with E-state index in [2.05, 4.69) is 4.90 Å². The Bertz CT molecular complexity index is 850. The Morgan fingerprint density at radius 3 is 2.46 bits per heavy atom. The van der Waals surface area contributed by atoms with Gasteiger partial charge in [-0.25, -0.2) is 17.9 Å². The number of benzene rings is 2. The third kappa shape index (κ3) is 4.94. The Morgan fingerprint density at radius 2 is 1.88 bits per heavy atom. The number of nitrogens with two attached hydrogens (primary N) is 1. The monoisotopic (exact) mass is 398 g/mol. The van der Waals surface area contributed by atoms with E-state index < -0.39 is 10.0 Å². The first kappa shape index (κ1) is 19.1. The van der Waals surface area contributed by atoms with Crippen LogP contribution in [0.4, 0.5) is 4.39 Å². The highest BCUT2D eigenvalue weighted by Gasteiger charge is 2.29. The van der Waals surface area contributed by atoms with Crippen molar-refractivity contribution >= 4 is 21.6 Å². The van der Waals surface area contributed by atoms with Crippen molar-refractivity contribution in [3.63, 3.8) is 0 Å². The zero-order chi connectivity index (χ0) is 18.7. The van der Waals surface area contributed by atoms with Crippen LogP contribution < -0.4 is 9.88 Å². The Kier molecular flexibility index (Phi) is 5.82. The van der Waals surface area contributed by atoms with E-state index in [9.17, 15) is 12.8 Å². The average molecular weight is 399 g/mol. The molecule has 2 N–H and O–H groups in total. The highest BCUT2D eigenvalue weighted by molar-refractivity contribution is 7.89. The molecule has 8 heteroatoms. The van der Waals surface area contributed by atoms with Crippen molar-refractivity contribution in [2.75, 3.05) is 13.2 Å². The van der Waals surface area contributed by atoms with Crippen molar-refractivity contribution in [2.45, 2.75) is 30.3 Å². The Balaban J connectivity index is 1.58. The van der Waals surface area contributed by atoms with Crippen LogP contribution in [0.2, 0.25) is 5.02 Å². The molecule has 1 saturated carbocycles. The summed E-state index contributed by atoms with van der Waals surface area (Å²) in [4.78, 5) is 2.20. The molecule has 2 aromatic carbocycles. The number of halogens is 2. The molecule has 0 unspecified atom stereocenters. The van der Waals surface area contributed by atoms with Crippen molar-refractivity contribution in [3.05, 3.63) is 58.9 Å². The third-order valence-corrected chi connectivity index (χ3v) is 5.57. The van der Waals surface area contributed by atoms with Gasteiger partial charge in [0.25, 0.3) is 0 Å². The summed E-state index contributed by atoms with van der Waals surface area (Å²) in [7, 11) is -3.71. The summed E-state index contributed by atoms with van der Waals surface area (Å²) < 4.78 is 42.2. The van der Waals surface area contributed by atoms with Gasteiger partial charge in [0.05, 0.1) is 4.90 Å². The number of hydrogen-bond donors (Lipinski definition) is 1. The number of ether oxygens (including phenoxy) is 1. The number of primary sulfonamides is 1. The SMILES string of the molecule is NS(=O)(=O)c1ccc(OCCN(Cc2c(F)cccc2Cl)C2CC2)cc1. The molecule has 1 fully saturated rings. The van der Waals surface area contributed by atoms with Crippen molar-refractivity contribution in [3.8, 4) is 5.75 Å². The van der Waals surface area contributed by atoms with Gasteiger partial charge in [-0.3, -0.25) is 4.90 Å². The summed E-state index contributed by atoms with van der Waals surface area (Å²) in [5, 5.41) is 5.49. The van der Waals surface area contributed by atoms with Gasteiger partial charge in [-0.15, -0.1) is 0 Å². The number of nitrogens with zero attached hydrogens (tertiary/aromatic N) is 1. The van der Waals surface area contributed by atoms with E-state index in [1.165, 1.54) is 18.2 Å². The van der Waals surface area contributed by atoms with Crippen LogP contribution in [0.5, 0.6) is 5.75 Å². The van der Waals surface area contributed by atoms with Crippen LogP contribution in [-0.2, 0) is 16.6 Å². The van der Waals surface area contributed by atoms with Crippen molar-refractivity contribution < 1.29 is 17.5 Å². The third-order valence-electron chi connectivity index (χ3n) is 4.29. The van der Waals surface area contributed by atoms with Gasteiger partial charge in [0, 0.05) is 29.7 Å². The van der Waals surface area contributed by atoms with Crippen molar-refractivity contribution in [1.82, 2.24) is 4.90 Å². The standard InChI is InChI=1S/C18H20ClFN2O3S/c19-17-2-1-3-18(20)16(17)12-22(13-4-5-13)10-11-25-14-6-8-15(9-7-14)26(21,23)24/h1-3,6-9,13H,4-5,10-12H2,(H2,21,23,24). The average Bonchev–Trinajstić information content (AvgIpc) is 3.41. The van der Waals surface area contributed by atoms with Crippen LogP contribution in [0.1, 0.15) is 18.4 Å². The van der Waals surface area contributed by atoms with E-state index in [0.717, 1.165) is 12.8 Å². The molecule has 26 heavy (non-hydrogen) atoms. The highest BCUT2D eigenvalue weighted by atomic mass is 35.5. The molecule has 2 aromatic rings. The maximum atomic E-state index is 14.0. The normalized spacial score (nSPS) is 14.6. The summed E-state index contributed by atoms with van der Waals surface area (Å²) in [6.45, 7) is 1.45. The van der Waals surface area contributed by atoms with Gasteiger partial charge in [-0.1, -0.05) is 17.7 Å². The second-order valence-electron chi connectivity index (χ2n) is 6.27. The summed E-state index contributed by atoms with van der Waals surface area (Å²) in [6, 6.07) is 11.1. The molecule has 1 aliphatic carbocycles. The molecule has 0 heterocycles. The van der Waals surface area contributed by atoms with Gasteiger partial charge in [0.15, 0.2) is 0 Å². The predicted octanol–water partition coefficient (Wildman–Crippen LogP) is 3.17. The highest BCUT2D eigenvalue weighted by Crippen LogP contribution is 2.30. The molecule has 0 amide bonds. The lowest BCUT2D eigenvalue weighted by Crippen LogP contribution is -2.30. The second-order valence-corrected chi connectivity index (χ2v) is 8.24.